The molecular weight excluding hydrogens is 305 g/mol. The van der Waals surface area contributed by atoms with Crippen LogP contribution < -0.4 is 4.90 Å². The number of benzene rings is 2. The highest BCUT2D eigenvalue weighted by Crippen LogP contribution is 2.32. The predicted octanol–water partition coefficient (Wildman–Crippen LogP) is 4.26. The van der Waals surface area contributed by atoms with Gasteiger partial charge in [0.2, 0.25) is 0 Å². The summed E-state index contributed by atoms with van der Waals surface area (Å²) in [5.74, 6) is 0. The number of aliphatic hydroxyl groups is 1. The molecule has 1 aliphatic heterocycles. The van der Waals surface area contributed by atoms with Crippen LogP contribution in [0.25, 0.3) is 0 Å². The van der Waals surface area contributed by atoms with Gasteiger partial charge in [0.1, 0.15) is 0 Å². The first-order valence-electron chi connectivity index (χ1n) is 7.01. The molecule has 110 valence electrons. The Balaban J connectivity index is 1.83. The molecule has 2 nitrogen and oxygen atoms in total. The molecule has 1 heterocycles. The van der Waals surface area contributed by atoms with Gasteiger partial charge in [0.15, 0.2) is 0 Å². The number of fused-ring (bicyclic) bond motifs is 1. The van der Waals surface area contributed by atoms with E-state index in [9.17, 15) is 5.11 Å². The summed E-state index contributed by atoms with van der Waals surface area (Å²) in [4.78, 5) is 2.24. The second-order valence-corrected chi connectivity index (χ2v) is 6.28. The van der Waals surface area contributed by atoms with Crippen molar-refractivity contribution in [2.75, 3.05) is 18.5 Å². The van der Waals surface area contributed by atoms with E-state index in [-0.39, 0.29) is 0 Å². The highest BCUT2D eigenvalue weighted by molar-refractivity contribution is 6.42. The summed E-state index contributed by atoms with van der Waals surface area (Å²) in [6.07, 6.45) is 0.926. The molecule has 1 atom stereocenters. The minimum atomic E-state index is -0.572. The van der Waals surface area contributed by atoms with Gasteiger partial charge >= 0.3 is 0 Å². The van der Waals surface area contributed by atoms with Crippen molar-refractivity contribution in [2.45, 2.75) is 18.9 Å². The van der Waals surface area contributed by atoms with E-state index in [1.54, 1.807) is 6.07 Å². The molecule has 0 saturated carbocycles. The molecule has 3 rings (SSSR count). The number of halogens is 2. The quantitative estimate of drug-likeness (QED) is 0.912. The summed E-state index contributed by atoms with van der Waals surface area (Å²) in [5, 5.41) is 11.5. The Morgan fingerprint density at radius 1 is 1.24 bits per heavy atom. The van der Waals surface area contributed by atoms with E-state index in [1.807, 2.05) is 18.2 Å². The first-order valence-corrected chi connectivity index (χ1v) is 7.77. The van der Waals surface area contributed by atoms with Crippen molar-refractivity contribution in [2.24, 2.45) is 0 Å². The zero-order chi connectivity index (χ0) is 15.0. The van der Waals surface area contributed by atoms with Gasteiger partial charge in [-0.3, -0.25) is 0 Å². The second kappa shape index (κ2) is 5.88. The van der Waals surface area contributed by atoms with E-state index in [4.69, 9.17) is 23.2 Å². The molecule has 0 radical (unpaired) electrons. The number of likely N-dealkylation sites (N-methyl/N-ethyl adjacent to an activating group) is 1. The van der Waals surface area contributed by atoms with Crippen LogP contribution in [0.1, 0.15) is 22.8 Å². The van der Waals surface area contributed by atoms with Crippen LogP contribution >= 0.6 is 23.2 Å². The number of anilines is 1. The van der Waals surface area contributed by atoms with Crippen molar-refractivity contribution in [1.29, 1.82) is 0 Å². The molecule has 0 amide bonds. The second-order valence-electron chi connectivity index (χ2n) is 5.49. The lowest BCUT2D eigenvalue weighted by atomic mass is 9.99. The number of nitrogens with zero attached hydrogens (tertiary/aromatic N) is 1. The maximum absolute atomic E-state index is 10.5. The van der Waals surface area contributed by atoms with Crippen molar-refractivity contribution in [3.63, 3.8) is 0 Å². The van der Waals surface area contributed by atoms with Crippen LogP contribution in [-0.4, -0.2) is 18.7 Å². The number of rotatable bonds is 3. The lowest BCUT2D eigenvalue weighted by Gasteiger charge is -2.16. The molecule has 1 aliphatic rings. The number of aliphatic hydroxyl groups excluding tert-OH is 1. The van der Waals surface area contributed by atoms with Gasteiger partial charge in [-0.2, -0.15) is 0 Å². The molecule has 0 fully saturated rings. The van der Waals surface area contributed by atoms with E-state index in [2.05, 4.69) is 24.1 Å². The van der Waals surface area contributed by atoms with Gasteiger partial charge in [-0.05, 0) is 35.2 Å². The van der Waals surface area contributed by atoms with Crippen LogP contribution in [-0.2, 0) is 12.8 Å². The normalized spacial score (nSPS) is 15.1. The van der Waals surface area contributed by atoms with Gasteiger partial charge in [0.25, 0.3) is 0 Å². The number of hydrogen-bond donors (Lipinski definition) is 1. The molecule has 1 unspecified atom stereocenters. The maximum atomic E-state index is 10.5. The first-order chi connectivity index (χ1) is 10.1. The van der Waals surface area contributed by atoms with Crippen molar-refractivity contribution in [3.05, 3.63) is 63.1 Å². The highest BCUT2D eigenvalue weighted by atomic mass is 35.5. The lowest BCUT2D eigenvalue weighted by molar-refractivity contribution is 0.178. The van der Waals surface area contributed by atoms with Gasteiger partial charge in [0, 0.05) is 25.7 Å². The average molecular weight is 322 g/mol. The van der Waals surface area contributed by atoms with Crippen LogP contribution in [0.4, 0.5) is 5.69 Å². The molecule has 21 heavy (non-hydrogen) atoms. The van der Waals surface area contributed by atoms with Gasteiger partial charge in [-0.15, -0.1) is 0 Å². The number of hydrogen-bond acceptors (Lipinski definition) is 2. The van der Waals surface area contributed by atoms with Crippen molar-refractivity contribution in [3.8, 4) is 0 Å². The molecule has 2 aromatic carbocycles. The Bertz CT molecular complexity index is 672. The summed E-state index contributed by atoms with van der Waals surface area (Å²) < 4.78 is 0. The van der Waals surface area contributed by atoms with Crippen LogP contribution in [0.3, 0.4) is 0 Å². The fraction of sp³-hybridized carbons (Fsp3) is 0.294. The average Bonchev–Trinajstić information content (AvgIpc) is 2.85. The summed E-state index contributed by atoms with van der Waals surface area (Å²) in [5.41, 5.74) is 4.35. The van der Waals surface area contributed by atoms with Crippen molar-refractivity contribution < 1.29 is 5.11 Å². The van der Waals surface area contributed by atoms with Crippen LogP contribution in [0.15, 0.2) is 36.4 Å². The Kier molecular flexibility index (Phi) is 4.12. The molecule has 0 aliphatic carbocycles. The van der Waals surface area contributed by atoms with E-state index in [1.165, 1.54) is 11.3 Å². The molecule has 4 heteroatoms. The monoisotopic (exact) mass is 321 g/mol. The molecule has 0 spiro atoms. The maximum Gasteiger partial charge on any atom is 0.0831 e. The summed E-state index contributed by atoms with van der Waals surface area (Å²) in [6, 6.07) is 11.7. The zero-order valence-corrected chi connectivity index (χ0v) is 13.3. The van der Waals surface area contributed by atoms with Crippen LogP contribution in [0.5, 0.6) is 0 Å². The van der Waals surface area contributed by atoms with Gasteiger partial charge in [-0.25, -0.2) is 0 Å². The smallest absolute Gasteiger partial charge is 0.0831 e. The largest absolute Gasteiger partial charge is 0.388 e. The van der Waals surface area contributed by atoms with E-state index < -0.39 is 6.10 Å². The van der Waals surface area contributed by atoms with Gasteiger partial charge in [0.05, 0.1) is 16.1 Å². The highest BCUT2D eigenvalue weighted by Gasteiger charge is 2.18. The fourth-order valence-corrected chi connectivity index (χ4v) is 3.22. The van der Waals surface area contributed by atoms with Crippen LogP contribution in [0.2, 0.25) is 10.0 Å². The Morgan fingerprint density at radius 2 is 2.05 bits per heavy atom. The lowest BCUT2D eigenvalue weighted by Crippen LogP contribution is -2.12. The molecule has 1 N–H and O–H groups in total. The first kappa shape index (κ1) is 14.7. The Morgan fingerprint density at radius 3 is 2.86 bits per heavy atom. The third kappa shape index (κ3) is 2.89. The molecule has 0 saturated heterocycles. The van der Waals surface area contributed by atoms with Crippen molar-refractivity contribution >= 4 is 28.9 Å². The van der Waals surface area contributed by atoms with Crippen LogP contribution in [0, 0.1) is 0 Å². The van der Waals surface area contributed by atoms with E-state index >= 15 is 0 Å². The third-order valence-electron chi connectivity index (χ3n) is 4.06. The minimum absolute atomic E-state index is 0.466. The van der Waals surface area contributed by atoms with Gasteiger partial charge < -0.3 is 10.0 Å². The third-order valence-corrected chi connectivity index (χ3v) is 4.92. The van der Waals surface area contributed by atoms with Crippen molar-refractivity contribution in [1.82, 2.24) is 0 Å². The minimum Gasteiger partial charge on any atom is -0.388 e. The standard InChI is InChI=1S/C17H17Cl2NO/c1-20-8-7-11-9-12(5-6-15(11)20)16(21)10-13-3-2-4-14(18)17(13)19/h2-6,9,16,21H,7-8,10H2,1H3. The fourth-order valence-electron chi connectivity index (χ4n) is 2.83. The van der Waals surface area contributed by atoms with Gasteiger partial charge in [-0.1, -0.05) is 47.5 Å². The molecule has 0 aromatic heterocycles. The summed E-state index contributed by atoms with van der Waals surface area (Å²) >= 11 is 12.2. The molecule has 0 bridgehead atoms. The summed E-state index contributed by atoms with van der Waals surface area (Å²) in [6.45, 7) is 1.04. The summed E-state index contributed by atoms with van der Waals surface area (Å²) in [7, 11) is 2.09. The molecular formula is C17H17Cl2NO. The molecule has 2 aromatic rings. The Hall–Kier alpha value is -1.22. The Labute approximate surface area is 134 Å². The van der Waals surface area contributed by atoms with E-state index in [0.717, 1.165) is 24.1 Å². The SMILES string of the molecule is CN1CCc2cc(C(O)Cc3cccc(Cl)c3Cl)ccc21. The zero-order valence-electron chi connectivity index (χ0n) is 11.8. The predicted molar refractivity (Wildman–Crippen MR) is 88.5 cm³/mol. The topological polar surface area (TPSA) is 23.5 Å². The van der Waals surface area contributed by atoms with E-state index in [0.29, 0.717) is 16.5 Å².